The number of pyridine rings is 1. The lowest BCUT2D eigenvalue weighted by atomic mass is 9.98. The SMILES string of the molecule is CN(C(=O)Nc1cccc(S(C)=O)c1)C(c1ccncc1)c1ccc(Cl)cc1. The zero-order valence-corrected chi connectivity index (χ0v) is 17.1. The zero-order valence-electron chi connectivity index (χ0n) is 15.5. The van der Waals surface area contributed by atoms with Crippen molar-refractivity contribution in [3.8, 4) is 0 Å². The molecule has 0 radical (unpaired) electrons. The van der Waals surface area contributed by atoms with Gasteiger partial charge in [0.1, 0.15) is 0 Å². The molecule has 7 heteroatoms. The first-order chi connectivity index (χ1) is 13.5. The van der Waals surface area contributed by atoms with Crippen LogP contribution in [0.4, 0.5) is 10.5 Å². The molecule has 5 nitrogen and oxygen atoms in total. The van der Waals surface area contributed by atoms with Crippen LogP contribution in [0.25, 0.3) is 0 Å². The molecule has 2 atom stereocenters. The number of hydrogen-bond donors (Lipinski definition) is 1. The summed E-state index contributed by atoms with van der Waals surface area (Å²) in [6, 6.07) is 17.6. The van der Waals surface area contributed by atoms with E-state index in [9.17, 15) is 9.00 Å². The van der Waals surface area contributed by atoms with Gasteiger partial charge in [-0.25, -0.2) is 4.79 Å². The predicted molar refractivity (Wildman–Crippen MR) is 113 cm³/mol. The van der Waals surface area contributed by atoms with Crippen molar-refractivity contribution in [3.63, 3.8) is 0 Å². The summed E-state index contributed by atoms with van der Waals surface area (Å²) < 4.78 is 11.7. The van der Waals surface area contributed by atoms with E-state index in [4.69, 9.17) is 11.6 Å². The molecule has 2 amide bonds. The minimum Gasteiger partial charge on any atom is -0.316 e. The van der Waals surface area contributed by atoms with Gasteiger partial charge in [-0.3, -0.25) is 9.19 Å². The van der Waals surface area contributed by atoms with Crippen LogP contribution in [-0.4, -0.2) is 33.4 Å². The first-order valence-electron chi connectivity index (χ1n) is 8.58. The van der Waals surface area contributed by atoms with Gasteiger partial charge in [0, 0.05) is 52.1 Å². The van der Waals surface area contributed by atoms with Crippen LogP contribution in [0.15, 0.2) is 78.0 Å². The van der Waals surface area contributed by atoms with E-state index in [0.29, 0.717) is 15.6 Å². The molecule has 0 saturated heterocycles. The van der Waals surface area contributed by atoms with Crippen molar-refractivity contribution in [1.29, 1.82) is 0 Å². The second kappa shape index (κ2) is 8.99. The van der Waals surface area contributed by atoms with Crippen molar-refractivity contribution in [2.24, 2.45) is 0 Å². The number of anilines is 1. The number of urea groups is 1. The lowest BCUT2D eigenvalue weighted by molar-refractivity contribution is 0.212. The van der Waals surface area contributed by atoms with Gasteiger partial charge in [0.2, 0.25) is 0 Å². The Kier molecular flexibility index (Phi) is 6.44. The van der Waals surface area contributed by atoms with Crippen LogP contribution >= 0.6 is 11.6 Å². The Labute approximate surface area is 171 Å². The summed E-state index contributed by atoms with van der Waals surface area (Å²) in [4.78, 5) is 19.3. The summed E-state index contributed by atoms with van der Waals surface area (Å²) >= 11 is 6.02. The highest BCUT2D eigenvalue weighted by Gasteiger charge is 2.23. The molecule has 144 valence electrons. The van der Waals surface area contributed by atoms with Crippen LogP contribution in [-0.2, 0) is 10.8 Å². The Morgan fingerprint density at radius 2 is 1.71 bits per heavy atom. The third kappa shape index (κ3) is 4.77. The maximum Gasteiger partial charge on any atom is 0.322 e. The molecule has 1 aromatic heterocycles. The van der Waals surface area contributed by atoms with E-state index in [1.165, 1.54) is 0 Å². The predicted octanol–water partition coefficient (Wildman–Crippen LogP) is 4.73. The minimum absolute atomic E-state index is 0.282. The number of amides is 2. The number of nitrogens with one attached hydrogen (secondary N) is 1. The van der Waals surface area contributed by atoms with Crippen LogP contribution in [0.3, 0.4) is 0 Å². The highest BCUT2D eigenvalue weighted by Crippen LogP contribution is 2.29. The highest BCUT2D eigenvalue weighted by molar-refractivity contribution is 7.84. The van der Waals surface area contributed by atoms with Crippen LogP contribution in [0, 0.1) is 0 Å². The van der Waals surface area contributed by atoms with Gasteiger partial charge in [0.25, 0.3) is 0 Å². The zero-order chi connectivity index (χ0) is 20.1. The Bertz CT molecular complexity index is 980. The van der Waals surface area contributed by atoms with Gasteiger partial charge in [-0.1, -0.05) is 29.8 Å². The molecule has 0 saturated carbocycles. The molecule has 1 N–H and O–H groups in total. The van der Waals surface area contributed by atoms with Crippen molar-refractivity contribution in [2.75, 3.05) is 18.6 Å². The fourth-order valence-corrected chi connectivity index (χ4v) is 3.60. The van der Waals surface area contributed by atoms with E-state index >= 15 is 0 Å². The van der Waals surface area contributed by atoms with E-state index in [-0.39, 0.29) is 12.1 Å². The van der Waals surface area contributed by atoms with E-state index < -0.39 is 10.8 Å². The summed E-state index contributed by atoms with van der Waals surface area (Å²) in [5, 5.41) is 3.51. The average Bonchev–Trinajstić information content (AvgIpc) is 2.70. The Morgan fingerprint density at radius 1 is 1.07 bits per heavy atom. The monoisotopic (exact) mass is 413 g/mol. The quantitative estimate of drug-likeness (QED) is 0.657. The highest BCUT2D eigenvalue weighted by atomic mass is 35.5. The Hall–Kier alpha value is -2.70. The van der Waals surface area contributed by atoms with Gasteiger partial charge in [-0.05, 0) is 53.6 Å². The van der Waals surface area contributed by atoms with Gasteiger partial charge >= 0.3 is 6.03 Å². The Balaban J connectivity index is 1.89. The molecule has 3 aromatic rings. The fraction of sp³-hybridized carbons (Fsp3) is 0.143. The first-order valence-corrected chi connectivity index (χ1v) is 10.5. The molecule has 1 heterocycles. The molecule has 2 unspecified atom stereocenters. The third-order valence-electron chi connectivity index (χ3n) is 4.33. The topological polar surface area (TPSA) is 62.3 Å². The number of nitrogens with zero attached hydrogens (tertiary/aromatic N) is 2. The summed E-state index contributed by atoms with van der Waals surface area (Å²) in [6.07, 6.45) is 5.00. The molecule has 0 aliphatic heterocycles. The van der Waals surface area contributed by atoms with E-state index in [1.54, 1.807) is 67.0 Å². The van der Waals surface area contributed by atoms with E-state index in [1.807, 2.05) is 24.3 Å². The largest absolute Gasteiger partial charge is 0.322 e. The van der Waals surface area contributed by atoms with Crippen LogP contribution < -0.4 is 5.32 Å². The van der Waals surface area contributed by atoms with Gasteiger partial charge < -0.3 is 10.2 Å². The summed E-state index contributed by atoms with van der Waals surface area (Å²) in [5.74, 6) is 0. The molecule has 0 fully saturated rings. The van der Waals surface area contributed by atoms with Crippen molar-refractivity contribution < 1.29 is 9.00 Å². The number of hydrogen-bond acceptors (Lipinski definition) is 3. The van der Waals surface area contributed by atoms with Gasteiger partial charge in [-0.15, -0.1) is 0 Å². The molecule has 0 aliphatic rings. The number of benzene rings is 2. The molecule has 3 rings (SSSR count). The molecular formula is C21H20ClN3O2S. The van der Waals surface area contributed by atoms with Gasteiger partial charge in [0.05, 0.1) is 6.04 Å². The maximum atomic E-state index is 12.9. The summed E-state index contributed by atoms with van der Waals surface area (Å²) in [6.45, 7) is 0. The van der Waals surface area contributed by atoms with Crippen LogP contribution in [0.2, 0.25) is 5.02 Å². The van der Waals surface area contributed by atoms with Gasteiger partial charge in [-0.2, -0.15) is 0 Å². The van der Waals surface area contributed by atoms with Crippen molar-refractivity contribution in [1.82, 2.24) is 9.88 Å². The average molecular weight is 414 g/mol. The first kappa shape index (κ1) is 20.0. The maximum absolute atomic E-state index is 12.9. The summed E-state index contributed by atoms with van der Waals surface area (Å²) in [5.41, 5.74) is 2.45. The molecule has 0 aliphatic carbocycles. The number of aromatic nitrogens is 1. The smallest absolute Gasteiger partial charge is 0.316 e. The number of rotatable bonds is 5. The molecule has 28 heavy (non-hydrogen) atoms. The second-order valence-corrected chi connectivity index (χ2v) is 8.07. The second-order valence-electron chi connectivity index (χ2n) is 6.26. The molecule has 0 bridgehead atoms. The number of carbonyl (C=O) groups is 1. The van der Waals surface area contributed by atoms with Gasteiger partial charge in [0.15, 0.2) is 0 Å². The molecular weight excluding hydrogens is 394 g/mol. The lowest BCUT2D eigenvalue weighted by Gasteiger charge is -2.29. The van der Waals surface area contributed by atoms with Crippen molar-refractivity contribution in [3.05, 3.63) is 89.2 Å². The van der Waals surface area contributed by atoms with Crippen LogP contribution in [0.1, 0.15) is 17.2 Å². The van der Waals surface area contributed by atoms with Crippen LogP contribution in [0.5, 0.6) is 0 Å². The fourth-order valence-electron chi connectivity index (χ4n) is 2.91. The Morgan fingerprint density at radius 3 is 2.36 bits per heavy atom. The standard InChI is InChI=1S/C21H20ClN3O2S/c1-25(21(26)24-18-4-3-5-19(14-18)28(2)27)20(16-10-12-23-13-11-16)15-6-8-17(22)9-7-15/h3-14,20H,1-2H3,(H,24,26). The van der Waals surface area contributed by atoms with E-state index in [2.05, 4.69) is 10.3 Å². The molecule has 0 spiro atoms. The third-order valence-corrected chi connectivity index (χ3v) is 5.50. The van der Waals surface area contributed by atoms with Crippen molar-refractivity contribution in [2.45, 2.75) is 10.9 Å². The number of halogens is 1. The molecule has 2 aromatic carbocycles. The van der Waals surface area contributed by atoms with E-state index in [0.717, 1.165) is 11.1 Å². The number of carbonyl (C=O) groups excluding carboxylic acids is 1. The summed E-state index contributed by atoms with van der Waals surface area (Å²) in [7, 11) is 0.613. The normalized spacial score (nSPS) is 12.8. The lowest BCUT2D eigenvalue weighted by Crippen LogP contribution is -2.35. The minimum atomic E-state index is -1.12. The van der Waals surface area contributed by atoms with Crippen molar-refractivity contribution >= 4 is 34.1 Å².